The monoisotopic (exact) mass is 189 g/mol. The Balaban J connectivity index is 2.92. The first-order valence-corrected chi connectivity index (χ1v) is 4.38. The molecule has 2 N–H and O–H groups in total. The summed E-state index contributed by atoms with van der Waals surface area (Å²) in [5.41, 5.74) is 7.35. The molecule has 14 heavy (non-hydrogen) atoms. The Kier molecular flexibility index (Phi) is 2.05. The fraction of sp³-hybridized carbons (Fsp3) is 0.200. The first-order chi connectivity index (χ1) is 6.74. The van der Waals surface area contributed by atoms with Gasteiger partial charge < -0.3 is 10.3 Å². The highest BCUT2D eigenvalue weighted by Gasteiger charge is 2.05. The number of para-hydroxylation sites is 2. The summed E-state index contributed by atoms with van der Waals surface area (Å²) >= 11 is 0. The standard InChI is InChI=1S/C10H11N3O/c1-13-9-5-3-2-4-7(9)12-8(6-11)10(13)14/h2-5H,6,11H2,1H3. The van der Waals surface area contributed by atoms with Gasteiger partial charge in [-0.25, -0.2) is 4.98 Å². The first-order valence-electron chi connectivity index (χ1n) is 4.38. The fourth-order valence-electron chi connectivity index (χ4n) is 1.47. The molecule has 1 aromatic heterocycles. The molecule has 1 heterocycles. The molecular formula is C10H11N3O. The van der Waals surface area contributed by atoms with E-state index < -0.39 is 0 Å². The lowest BCUT2D eigenvalue weighted by Crippen LogP contribution is -2.25. The lowest BCUT2D eigenvalue weighted by atomic mass is 10.3. The van der Waals surface area contributed by atoms with Crippen LogP contribution in [0, 0.1) is 0 Å². The summed E-state index contributed by atoms with van der Waals surface area (Å²) < 4.78 is 1.57. The summed E-state index contributed by atoms with van der Waals surface area (Å²) in [7, 11) is 1.73. The summed E-state index contributed by atoms with van der Waals surface area (Å²) in [5.74, 6) is 0. The van der Waals surface area contributed by atoms with Gasteiger partial charge in [-0.05, 0) is 12.1 Å². The molecule has 0 unspecified atom stereocenters. The third-order valence-electron chi connectivity index (χ3n) is 2.24. The van der Waals surface area contributed by atoms with Gasteiger partial charge in [0.05, 0.1) is 11.0 Å². The largest absolute Gasteiger partial charge is 0.325 e. The number of benzene rings is 1. The molecule has 0 radical (unpaired) electrons. The summed E-state index contributed by atoms with van der Waals surface area (Å²) in [6, 6.07) is 7.50. The molecule has 0 saturated heterocycles. The van der Waals surface area contributed by atoms with Crippen LogP contribution in [-0.2, 0) is 13.6 Å². The van der Waals surface area contributed by atoms with Gasteiger partial charge in [0.2, 0.25) is 0 Å². The van der Waals surface area contributed by atoms with Gasteiger partial charge in [0.15, 0.2) is 0 Å². The van der Waals surface area contributed by atoms with Crippen LogP contribution >= 0.6 is 0 Å². The second-order valence-electron chi connectivity index (χ2n) is 3.12. The number of rotatable bonds is 1. The molecule has 0 amide bonds. The van der Waals surface area contributed by atoms with Crippen LogP contribution in [0.2, 0.25) is 0 Å². The molecule has 1 aromatic carbocycles. The predicted molar refractivity (Wildman–Crippen MR) is 54.9 cm³/mol. The Hall–Kier alpha value is -1.68. The van der Waals surface area contributed by atoms with Crippen LogP contribution in [0.25, 0.3) is 11.0 Å². The number of fused-ring (bicyclic) bond motifs is 1. The third kappa shape index (κ3) is 1.20. The van der Waals surface area contributed by atoms with Crippen molar-refractivity contribution in [1.29, 1.82) is 0 Å². The van der Waals surface area contributed by atoms with E-state index in [2.05, 4.69) is 4.98 Å². The van der Waals surface area contributed by atoms with Crippen molar-refractivity contribution in [2.24, 2.45) is 12.8 Å². The zero-order chi connectivity index (χ0) is 10.1. The van der Waals surface area contributed by atoms with Crippen molar-refractivity contribution in [1.82, 2.24) is 9.55 Å². The Bertz CT molecular complexity index is 530. The van der Waals surface area contributed by atoms with E-state index in [4.69, 9.17) is 5.73 Å². The van der Waals surface area contributed by atoms with Gasteiger partial charge in [-0.2, -0.15) is 0 Å². The molecule has 0 saturated carbocycles. The van der Waals surface area contributed by atoms with Gasteiger partial charge in [0.25, 0.3) is 5.56 Å². The minimum absolute atomic E-state index is 0.119. The topological polar surface area (TPSA) is 60.9 Å². The molecule has 4 nitrogen and oxygen atoms in total. The molecule has 0 aliphatic carbocycles. The van der Waals surface area contributed by atoms with E-state index in [9.17, 15) is 4.79 Å². The maximum atomic E-state index is 11.6. The number of hydrogen-bond donors (Lipinski definition) is 1. The number of hydrogen-bond acceptors (Lipinski definition) is 3. The van der Waals surface area contributed by atoms with Crippen LogP contribution in [-0.4, -0.2) is 9.55 Å². The minimum atomic E-state index is -0.119. The molecule has 0 fully saturated rings. The van der Waals surface area contributed by atoms with Crippen LogP contribution in [0.5, 0.6) is 0 Å². The Morgan fingerprint density at radius 2 is 2.14 bits per heavy atom. The van der Waals surface area contributed by atoms with Crippen molar-refractivity contribution in [3.63, 3.8) is 0 Å². The molecule has 0 atom stereocenters. The highest BCUT2D eigenvalue weighted by atomic mass is 16.1. The maximum Gasteiger partial charge on any atom is 0.273 e. The van der Waals surface area contributed by atoms with Gasteiger partial charge in [0, 0.05) is 13.6 Å². The van der Waals surface area contributed by atoms with Crippen LogP contribution < -0.4 is 11.3 Å². The molecule has 2 rings (SSSR count). The van der Waals surface area contributed by atoms with Crippen molar-refractivity contribution in [3.05, 3.63) is 40.3 Å². The number of aromatic nitrogens is 2. The summed E-state index contributed by atoms with van der Waals surface area (Å²) in [5, 5.41) is 0. The number of nitrogens with zero attached hydrogens (tertiary/aromatic N) is 2. The Morgan fingerprint density at radius 1 is 1.43 bits per heavy atom. The van der Waals surface area contributed by atoms with Gasteiger partial charge in [0.1, 0.15) is 5.69 Å². The average molecular weight is 189 g/mol. The highest BCUT2D eigenvalue weighted by molar-refractivity contribution is 5.74. The summed E-state index contributed by atoms with van der Waals surface area (Å²) in [6.07, 6.45) is 0. The van der Waals surface area contributed by atoms with Crippen molar-refractivity contribution < 1.29 is 0 Å². The van der Waals surface area contributed by atoms with Gasteiger partial charge in [-0.15, -0.1) is 0 Å². The Morgan fingerprint density at radius 3 is 2.86 bits per heavy atom. The smallest absolute Gasteiger partial charge is 0.273 e. The fourth-order valence-corrected chi connectivity index (χ4v) is 1.47. The molecule has 0 bridgehead atoms. The lowest BCUT2D eigenvalue weighted by molar-refractivity contribution is 0.838. The van der Waals surface area contributed by atoms with E-state index in [-0.39, 0.29) is 12.1 Å². The van der Waals surface area contributed by atoms with E-state index in [1.165, 1.54) is 0 Å². The number of aryl methyl sites for hydroxylation is 1. The molecule has 0 spiro atoms. The first kappa shape index (κ1) is 8.90. The van der Waals surface area contributed by atoms with E-state index in [1.54, 1.807) is 11.6 Å². The second-order valence-corrected chi connectivity index (χ2v) is 3.12. The van der Waals surface area contributed by atoms with Gasteiger partial charge >= 0.3 is 0 Å². The molecule has 0 aliphatic heterocycles. The van der Waals surface area contributed by atoms with Crippen molar-refractivity contribution in [2.45, 2.75) is 6.54 Å². The SMILES string of the molecule is Cn1c(=O)c(CN)nc2ccccc21. The van der Waals surface area contributed by atoms with E-state index in [0.29, 0.717) is 5.69 Å². The molecule has 2 aromatic rings. The van der Waals surface area contributed by atoms with Crippen molar-refractivity contribution in [3.8, 4) is 0 Å². The van der Waals surface area contributed by atoms with Crippen LogP contribution in [0.3, 0.4) is 0 Å². The predicted octanol–water partition coefficient (Wildman–Crippen LogP) is 0.392. The van der Waals surface area contributed by atoms with E-state index >= 15 is 0 Å². The maximum absolute atomic E-state index is 11.6. The zero-order valence-electron chi connectivity index (χ0n) is 7.90. The quantitative estimate of drug-likeness (QED) is 0.706. The highest BCUT2D eigenvalue weighted by Crippen LogP contribution is 2.07. The van der Waals surface area contributed by atoms with Crippen LogP contribution in [0.4, 0.5) is 0 Å². The van der Waals surface area contributed by atoms with Crippen LogP contribution in [0.15, 0.2) is 29.1 Å². The van der Waals surface area contributed by atoms with Crippen molar-refractivity contribution in [2.75, 3.05) is 0 Å². The zero-order valence-corrected chi connectivity index (χ0v) is 7.90. The lowest BCUT2D eigenvalue weighted by Gasteiger charge is -2.05. The van der Waals surface area contributed by atoms with Gasteiger partial charge in [-0.1, -0.05) is 12.1 Å². The summed E-state index contributed by atoms with van der Waals surface area (Å²) in [4.78, 5) is 15.8. The second kappa shape index (κ2) is 3.23. The third-order valence-corrected chi connectivity index (χ3v) is 2.24. The normalized spacial score (nSPS) is 10.7. The number of nitrogens with two attached hydrogens (primary N) is 1. The van der Waals surface area contributed by atoms with E-state index in [1.807, 2.05) is 24.3 Å². The van der Waals surface area contributed by atoms with Crippen molar-refractivity contribution >= 4 is 11.0 Å². The minimum Gasteiger partial charge on any atom is -0.325 e. The van der Waals surface area contributed by atoms with E-state index in [0.717, 1.165) is 11.0 Å². The van der Waals surface area contributed by atoms with Gasteiger partial charge in [-0.3, -0.25) is 4.79 Å². The molecular weight excluding hydrogens is 178 g/mol. The summed E-state index contributed by atoms with van der Waals surface area (Å²) in [6.45, 7) is 0.178. The molecule has 0 aliphatic rings. The molecule has 4 heteroatoms. The molecule has 72 valence electrons. The Labute approximate surface area is 81.0 Å². The van der Waals surface area contributed by atoms with Crippen LogP contribution in [0.1, 0.15) is 5.69 Å². The average Bonchev–Trinajstić information content (AvgIpc) is 2.23.